The smallest absolute Gasteiger partial charge is 0.122 e. The van der Waals surface area contributed by atoms with Gasteiger partial charge in [0.25, 0.3) is 0 Å². The van der Waals surface area contributed by atoms with Crippen LogP contribution in [0.25, 0.3) is 0 Å². The van der Waals surface area contributed by atoms with Crippen molar-refractivity contribution in [3.63, 3.8) is 0 Å². The van der Waals surface area contributed by atoms with Gasteiger partial charge in [0.2, 0.25) is 0 Å². The molecule has 1 fully saturated rings. The van der Waals surface area contributed by atoms with Crippen molar-refractivity contribution < 1.29 is 13.2 Å². The van der Waals surface area contributed by atoms with Gasteiger partial charge in [0, 0.05) is 0 Å². The molecule has 1 saturated carbocycles. The third kappa shape index (κ3) is 3.37. The predicted molar refractivity (Wildman–Crippen MR) is 111 cm³/mol. The van der Waals surface area contributed by atoms with Crippen LogP contribution in [0, 0.1) is 17.5 Å². The Balaban J connectivity index is 2.01. The second kappa shape index (κ2) is 7.87. The maximum Gasteiger partial charge on any atom is 0.122 e. The van der Waals surface area contributed by atoms with Crippen LogP contribution in [0.15, 0.2) is 72.8 Å². The summed E-state index contributed by atoms with van der Waals surface area (Å²) in [6.45, 7) is 0. The lowest BCUT2D eigenvalue weighted by Gasteiger charge is -2.51. The largest absolute Gasteiger partial charge is 0.207 e. The van der Waals surface area contributed by atoms with Crippen LogP contribution in [0.5, 0.6) is 0 Å². The first-order valence-electron chi connectivity index (χ1n) is 10.0. The average Bonchev–Trinajstić information content (AvgIpc) is 2.73. The van der Waals surface area contributed by atoms with E-state index < -0.39 is 6.15 Å². The normalized spacial score (nSPS) is 15.5. The Morgan fingerprint density at radius 3 is 1.14 bits per heavy atom. The fraction of sp³-hybridized carbons (Fsp3) is 0.250. The van der Waals surface area contributed by atoms with E-state index in [1.807, 2.05) is 36.4 Å². The fourth-order valence-corrected chi connectivity index (χ4v) is 5.33. The lowest BCUT2D eigenvalue weighted by atomic mass is 9.10. The Morgan fingerprint density at radius 1 is 0.500 bits per heavy atom. The number of rotatable bonds is 4. The molecule has 0 spiro atoms. The quantitative estimate of drug-likeness (QED) is 0.566. The molecular formula is C24H23BF3-. The van der Waals surface area contributed by atoms with E-state index in [0.29, 0.717) is 5.82 Å². The van der Waals surface area contributed by atoms with Crippen molar-refractivity contribution in [2.45, 2.75) is 37.9 Å². The van der Waals surface area contributed by atoms with Crippen LogP contribution in [0.1, 0.15) is 32.1 Å². The van der Waals surface area contributed by atoms with Crippen molar-refractivity contribution in [3.05, 3.63) is 90.2 Å². The zero-order valence-electron chi connectivity index (χ0n) is 15.8. The molecule has 4 heteroatoms. The minimum Gasteiger partial charge on any atom is -0.207 e. The van der Waals surface area contributed by atoms with Crippen LogP contribution in [0.2, 0.25) is 5.82 Å². The molecule has 1 aliphatic rings. The number of halogens is 3. The molecule has 0 N–H and O–H groups in total. The van der Waals surface area contributed by atoms with E-state index in [-0.39, 0.29) is 17.5 Å². The first-order valence-corrected chi connectivity index (χ1v) is 10.0. The van der Waals surface area contributed by atoms with E-state index >= 15 is 0 Å². The summed E-state index contributed by atoms with van der Waals surface area (Å²) in [6, 6.07) is 20.0. The molecule has 0 atom stereocenters. The molecule has 144 valence electrons. The van der Waals surface area contributed by atoms with Gasteiger partial charge in [-0.2, -0.15) is 22.2 Å². The fourth-order valence-electron chi connectivity index (χ4n) is 5.33. The van der Waals surface area contributed by atoms with E-state index in [9.17, 15) is 13.2 Å². The summed E-state index contributed by atoms with van der Waals surface area (Å²) in [5.74, 6) is -0.518. The Hall–Kier alpha value is -2.49. The monoisotopic (exact) mass is 379 g/mol. The highest BCUT2D eigenvalue weighted by atomic mass is 19.1. The van der Waals surface area contributed by atoms with Gasteiger partial charge in [0.05, 0.1) is 6.15 Å². The van der Waals surface area contributed by atoms with Crippen LogP contribution in [-0.4, -0.2) is 6.15 Å². The standard InChI is InChI=1S/C24H23BF3/c26-22-12-6-19(7-13-22)25(18-4-2-1-3-5-18,20-8-14-23(27)15-9-20)21-10-16-24(28)17-11-21/h6-18H,1-5H2/q-1. The Kier molecular flexibility index (Phi) is 5.30. The van der Waals surface area contributed by atoms with Crippen molar-refractivity contribution >= 4 is 22.5 Å². The van der Waals surface area contributed by atoms with Gasteiger partial charge < -0.3 is 0 Å². The molecule has 4 rings (SSSR count). The maximum absolute atomic E-state index is 13.7. The SMILES string of the molecule is Fc1ccc([B-](c2ccc(F)cc2)(c2ccc(F)cc2)C2CCCCC2)cc1. The Bertz CT molecular complexity index is 801. The van der Waals surface area contributed by atoms with Crippen molar-refractivity contribution in [1.29, 1.82) is 0 Å². The highest BCUT2D eigenvalue weighted by Crippen LogP contribution is 2.37. The zero-order chi connectivity index (χ0) is 19.6. The van der Waals surface area contributed by atoms with Gasteiger partial charge in [-0.25, -0.2) is 13.2 Å². The minimum atomic E-state index is -1.48. The topological polar surface area (TPSA) is 0 Å². The summed E-state index contributed by atoms with van der Waals surface area (Å²) in [5, 5.41) is 0. The highest BCUT2D eigenvalue weighted by Gasteiger charge is 2.37. The lowest BCUT2D eigenvalue weighted by molar-refractivity contribution is 0.496. The van der Waals surface area contributed by atoms with E-state index in [4.69, 9.17) is 0 Å². The molecule has 28 heavy (non-hydrogen) atoms. The summed E-state index contributed by atoms with van der Waals surface area (Å²) in [5.41, 5.74) is 3.06. The summed E-state index contributed by atoms with van der Waals surface area (Å²) in [6.07, 6.45) is 4.09. The van der Waals surface area contributed by atoms with Crippen molar-refractivity contribution in [2.75, 3.05) is 0 Å². The molecule has 0 aliphatic heterocycles. The van der Waals surface area contributed by atoms with Crippen LogP contribution in [0.3, 0.4) is 0 Å². The summed E-state index contributed by atoms with van der Waals surface area (Å²) in [7, 11) is 0. The first kappa shape index (κ1) is 18.9. The van der Waals surface area contributed by atoms with Crippen molar-refractivity contribution in [1.82, 2.24) is 0 Å². The minimum absolute atomic E-state index is 0.282. The molecule has 0 amide bonds. The average molecular weight is 379 g/mol. The molecule has 3 aromatic rings. The second-order valence-electron chi connectivity index (χ2n) is 7.99. The van der Waals surface area contributed by atoms with Gasteiger partial charge >= 0.3 is 0 Å². The number of hydrogen-bond donors (Lipinski definition) is 0. The summed E-state index contributed by atoms with van der Waals surface area (Å²) < 4.78 is 41.2. The van der Waals surface area contributed by atoms with Crippen LogP contribution < -0.4 is 16.4 Å². The van der Waals surface area contributed by atoms with E-state index in [1.54, 1.807) is 0 Å². The molecule has 0 nitrogen and oxygen atoms in total. The maximum atomic E-state index is 13.7. The van der Waals surface area contributed by atoms with Crippen LogP contribution in [0.4, 0.5) is 13.2 Å². The van der Waals surface area contributed by atoms with Crippen molar-refractivity contribution in [3.8, 4) is 0 Å². The van der Waals surface area contributed by atoms with Gasteiger partial charge in [-0.3, -0.25) is 0 Å². The lowest BCUT2D eigenvalue weighted by Crippen LogP contribution is -2.70. The predicted octanol–water partition coefficient (Wildman–Crippen LogP) is 4.91. The van der Waals surface area contributed by atoms with Gasteiger partial charge in [-0.15, -0.1) is 0 Å². The van der Waals surface area contributed by atoms with E-state index in [2.05, 4.69) is 0 Å². The Labute approximate surface area is 164 Å². The van der Waals surface area contributed by atoms with Crippen LogP contribution in [-0.2, 0) is 0 Å². The molecular weight excluding hydrogens is 356 g/mol. The third-order valence-corrected chi connectivity index (χ3v) is 6.54. The molecule has 0 bridgehead atoms. The molecule has 1 aliphatic carbocycles. The second-order valence-corrected chi connectivity index (χ2v) is 7.99. The van der Waals surface area contributed by atoms with E-state index in [1.165, 1.54) is 42.8 Å². The van der Waals surface area contributed by atoms with Gasteiger partial charge in [-0.05, 0) is 36.4 Å². The van der Waals surface area contributed by atoms with E-state index in [0.717, 1.165) is 42.1 Å². The van der Waals surface area contributed by atoms with Crippen LogP contribution >= 0.6 is 0 Å². The van der Waals surface area contributed by atoms with Gasteiger partial charge in [-0.1, -0.05) is 68.5 Å². The van der Waals surface area contributed by atoms with Gasteiger partial charge in [0.15, 0.2) is 0 Å². The molecule has 0 aromatic heterocycles. The molecule has 3 aromatic carbocycles. The molecule has 0 radical (unpaired) electrons. The molecule has 0 saturated heterocycles. The highest BCUT2D eigenvalue weighted by molar-refractivity contribution is 7.12. The first-order chi connectivity index (χ1) is 13.6. The molecule has 0 heterocycles. The number of benzene rings is 3. The zero-order valence-corrected chi connectivity index (χ0v) is 15.8. The Morgan fingerprint density at radius 2 is 0.821 bits per heavy atom. The van der Waals surface area contributed by atoms with Crippen molar-refractivity contribution in [2.24, 2.45) is 0 Å². The third-order valence-electron chi connectivity index (χ3n) is 6.54. The molecule has 0 unspecified atom stereocenters. The number of hydrogen-bond acceptors (Lipinski definition) is 0. The summed E-state index contributed by atoms with van der Waals surface area (Å²) in [4.78, 5) is 0. The summed E-state index contributed by atoms with van der Waals surface area (Å²) >= 11 is 0. The van der Waals surface area contributed by atoms with Gasteiger partial charge in [0.1, 0.15) is 17.5 Å².